The number of halogens is 3. The minimum absolute atomic E-state index is 0.0802. The summed E-state index contributed by atoms with van der Waals surface area (Å²) in [4.78, 5) is 12.3. The summed E-state index contributed by atoms with van der Waals surface area (Å²) in [7, 11) is -2.79. The number of methoxy groups -OCH3 is 1. The Hall–Kier alpha value is -2.24. The monoisotopic (exact) mass is 463 g/mol. The number of sulfonamides is 1. The summed E-state index contributed by atoms with van der Waals surface area (Å²) < 4.78 is 72.6. The van der Waals surface area contributed by atoms with Gasteiger partial charge in [-0.3, -0.25) is 0 Å². The van der Waals surface area contributed by atoms with Crippen LogP contribution in [0.15, 0.2) is 52.3 Å². The number of alkyl halides is 3. The molecule has 0 aliphatic heterocycles. The van der Waals surface area contributed by atoms with Crippen LogP contribution in [0, 0.1) is 0 Å². The molecule has 0 heterocycles. The molecule has 0 saturated heterocycles. The van der Waals surface area contributed by atoms with Crippen LogP contribution in [0.1, 0.15) is 29.8 Å². The van der Waals surface area contributed by atoms with E-state index in [9.17, 15) is 26.4 Å². The van der Waals surface area contributed by atoms with E-state index in [2.05, 4.69) is 4.74 Å². The lowest BCUT2D eigenvalue weighted by Crippen LogP contribution is -2.25. The molecule has 164 valence electrons. The average Bonchev–Trinajstić information content (AvgIpc) is 2.70. The highest BCUT2D eigenvalue weighted by atomic mass is 32.3. The lowest BCUT2D eigenvalue weighted by atomic mass is 10.1. The van der Waals surface area contributed by atoms with E-state index in [0.717, 1.165) is 27.8 Å². The lowest BCUT2D eigenvalue weighted by Gasteiger charge is -2.20. The van der Waals surface area contributed by atoms with Crippen molar-refractivity contribution in [1.82, 2.24) is 3.71 Å². The maximum atomic E-state index is 13.1. The average molecular weight is 463 g/mol. The zero-order chi connectivity index (χ0) is 22.5. The number of nitrogens with zero attached hydrogens (tertiary/aromatic N) is 1. The number of ether oxygens (including phenoxy) is 2. The molecule has 2 aromatic carbocycles. The SMILES string of the molecule is CCc1ccc(S(=O)(=O)N(CC)Sc2ccc(OC(F)(F)F)cc2)cc1C(=O)OC. The van der Waals surface area contributed by atoms with Crippen LogP contribution < -0.4 is 4.74 Å². The minimum Gasteiger partial charge on any atom is -0.465 e. The van der Waals surface area contributed by atoms with Crippen molar-refractivity contribution in [3.63, 3.8) is 0 Å². The molecule has 0 N–H and O–H groups in total. The van der Waals surface area contributed by atoms with Crippen LogP contribution in [0.3, 0.4) is 0 Å². The van der Waals surface area contributed by atoms with Gasteiger partial charge in [-0.1, -0.05) is 19.9 Å². The van der Waals surface area contributed by atoms with Crippen LogP contribution in [-0.4, -0.2) is 38.1 Å². The highest BCUT2D eigenvalue weighted by Gasteiger charge is 2.31. The maximum absolute atomic E-state index is 13.1. The summed E-state index contributed by atoms with van der Waals surface area (Å²) >= 11 is 0.840. The third-order valence-corrected chi connectivity index (χ3v) is 7.36. The van der Waals surface area contributed by atoms with Crippen molar-refractivity contribution >= 4 is 27.9 Å². The molecule has 0 fully saturated rings. The predicted octanol–water partition coefficient (Wildman–Crippen LogP) is 4.65. The van der Waals surface area contributed by atoms with E-state index in [1.54, 1.807) is 13.0 Å². The molecular weight excluding hydrogens is 443 g/mol. The van der Waals surface area contributed by atoms with Crippen LogP contribution in [0.25, 0.3) is 0 Å². The summed E-state index contributed by atoms with van der Waals surface area (Å²) in [6.45, 7) is 3.53. The van der Waals surface area contributed by atoms with Crippen LogP contribution in [0.5, 0.6) is 5.75 Å². The largest absolute Gasteiger partial charge is 0.573 e. The fourth-order valence-electron chi connectivity index (χ4n) is 2.55. The van der Waals surface area contributed by atoms with Gasteiger partial charge in [0, 0.05) is 11.4 Å². The van der Waals surface area contributed by atoms with Gasteiger partial charge < -0.3 is 9.47 Å². The quantitative estimate of drug-likeness (QED) is 0.419. The molecule has 0 aliphatic rings. The Kier molecular flexibility index (Phi) is 7.78. The number of benzene rings is 2. The first kappa shape index (κ1) is 24.0. The van der Waals surface area contributed by atoms with E-state index in [4.69, 9.17) is 4.74 Å². The first-order valence-corrected chi connectivity index (χ1v) is 11.0. The first-order chi connectivity index (χ1) is 14.0. The van der Waals surface area contributed by atoms with Gasteiger partial charge in [0.15, 0.2) is 0 Å². The first-order valence-electron chi connectivity index (χ1n) is 8.79. The van der Waals surface area contributed by atoms with Crippen molar-refractivity contribution in [1.29, 1.82) is 0 Å². The fraction of sp³-hybridized carbons (Fsp3) is 0.316. The maximum Gasteiger partial charge on any atom is 0.573 e. The van der Waals surface area contributed by atoms with Crippen LogP contribution in [0.2, 0.25) is 0 Å². The fourth-order valence-corrected chi connectivity index (χ4v) is 5.16. The smallest absolute Gasteiger partial charge is 0.465 e. The molecule has 0 radical (unpaired) electrons. The van der Waals surface area contributed by atoms with Crippen LogP contribution in [0.4, 0.5) is 13.2 Å². The molecule has 0 unspecified atom stereocenters. The Bertz CT molecular complexity index is 992. The van der Waals surface area contributed by atoms with E-state index < -0.39 is 28.1 Å². The van der Waals surface area contributed by atoms with E-state index in [-0.39, 0.29) is 17.0 Å². The van der Waals surface area contributed by atoms with Crippen molar-refractivity contribution in [2.45, 2.75) is 36.4 Å². The highest BCUT2D eigenvalue weighted by Crippen LogP contribution is 2.32. The van der Waals surface area contributed by atoms with Gasteiger partial charge in [0.05, 0.1) is 17.6 Å². The molecule has 0 aromatic heterocycles. The second-order valence-electron chi connectivity index (χ2n) is 5.90. The lowest BCUT2D eigenvalue weighted by molar-refractivity contribution is -0.274. The normalized spacial score (nSPS) is 12.1. The van der Waals surface area contributed by atoms with Gasteiger partial charge in [-0.15, -0.1) is 16.9 Å². The summed E-state index contributed by atoms with van der Waals surface area (Å²) in [6.07, 6.45) is -4.29. The van der Waals surface area contributed by atoms with Gasteiger partial charge in [-0.05, 0) is 60.3 Å². The highest BCUT2D eigenvalue weighted by molar-refractivity contribution is 8.08. The molecular formula is C19H20F3NO5S2. The van der Waals surface area contributed by atoms with Crippen LogP contribution in [-0.2, 0) is 21.2 Å². The van der Waals surface area contributed by atoms with E-state index in [1.807, 2.05) is 6.92 Å². The topological polar surface area (TPSA) is 72.9 Å². The second kappa shape index (κ2) is 9.71. The molecule has 0 spiro atoms. The molecule has 6 nitrogen and oxygen atoms in total. The number of carbonyl (C=O) groups is 1. The molecule has 30 heavy (non-hydrogen) atoms. The van der Waals surface area contributed by atoms with E-state index in [0.29, 0.717) is 16.9 Å². The Morgan fingerprint density at radius 3 is 2.23 bits per heavy atom. The summed E-state index contributed by atoms with van der Waals surface area (Å²) in [5.74, 6) is -1.05. The Balaban J connectivity index is 2.30. The number of hydrogen-bond acceptors (Lipinski definition) is 6. The van der Waals surface area contributed by atoms with E-state index in [1.165, 1.54) is 31.4 Å². The third kappa shape index (κ3) is 5.89. The van der Waals surface area contributed by atoms with Gasteiger partial charge in [-0.2, -0.15) is 0 Å². The summed E-state index contributed by atoms with van der Waals surface area (Å²) in [5.41, 5.74) is 0.813. The van der Waals surface area contributed by atoms with Crippen LogP contribution >= 0.6 is 11.9 Å². The summed E-state index contributed by atoms with van der Waals surface area (Å²) in [6, 6.07) is 9.08. The standard InChI is InChI=1S/C19H20F3NO5S2/c1-4-13-6-11-16(12-17(13)18(24)27-3)30(25,26)23(5-2)29-15-9-7-14(8-10-15)28-19(20,21)22/h6-12H,4-5H2,1-3H3. The summed E-state index contributed by atoms with van der Waals surface area (Å²) in [5, 5.41) is 0. The third-order valence-electron chi connectivity index (χ3n) is 3.96. The number of carbonyl (C=O) groups excluding carboxylic acids is 1. The predicted molar refractivity (Wildman–Crippen MR) is 106 cm³/mol. The number of rotatable bonds is 8. The van der Waals surface area contributed by atoms with Gasteiger partial charge >= 0.3 is 12.3 Å². The Morgan fingerprint density at radius 1 is 1.10 bits per heavy atom. The second-order valence-corrected chi connectivity index (χ2v) is 9.09. The Morgan fingerprint density at radius 2 is 1.73 bits per heavy atom. The molecule has 0 aliphatic carbocycles. The molecule has 0 amide bonds. The number of esters is 1. The van der Waals surface area contributed by atoms with E-state index >= 15 is 0 Å². The molecule has 0 saturated carbocycles. The van der Waals surface area contributed by atoms with Gasteiger partial charge in [-0.25, -0.2) is 13.2 Å². The van der Waals surface area contributed by atoms with Crippen molar-refractivity contribution in [2.24, 2.45) is 0 Å². The van der Waals surface area contributed by atoms with Crippen molar-refractivity contribution < 1.29 is 35.9 Å². The van der Waals surface area contributed by atoms with Crippen molar-refractivity contribution in [3.05, 3.63) is 53.6 Å². The zero-order valence-corrected chi connectivity index (χ0v) is 18.0. The number of hydrogen-bond donors (Lipinski definition) is 0. The van der Waals surface area contributed by atoms with Gasteiger partial charge in [0.2, 0.25) is 0 Å². The molecule has 11 heteroatoms. The van der Waals surface area contributed by atoms with Gasteiger partial charge in [0.1, 0.15) is 5.75 Å². The van der Waals surface area contributed by atoms with Crippen molar-refractivity contribution in [3.8, 4) is 5.75 Å². The molecule has 0 bridgehead atoms. The van der Waals surface area contributed by atoms with Gasteiger partial charge in [0.25, 0.3) is 10.0 Å². The van der Waals surface area contributed by atoms with Crippen molar-refractivity contribution in [2.75, 3.05) is 13.7 Å². The number of aryl methyl sites for hydroxylation is 1. The molecule has 0 atom stereocenters. The molecule has 2 aromatic rings. The zero-order valence-electron chi connectivity index (χ0n) is 16.4. The minimum atomic E-state index is -4.81. The Labute approximate surface area is 177 Å². The molecule has 2 rings (SSSR count).